The molecule has 1 unspecified atom stereocenters. The lowest BCUT2D eigenvalue weighted by Gasteiger charge is -2.19. The summed E-state index contributed by atoms with van der Waals surface area (Å²) >= 11 is 0. The highest BCUT2D eigenvalue weighted by Gasteiger charge is 2.33. The molecule has 1 aromatic heterocycles. The molecule has 2 aromatic carbocycles. The third-order valence-corrected chi connectivity index (χ3v) is 6.24. The minimum Gasteiger partial charge on any atom is -0.490 e. The van der Waals surface area contributed by atoms with E-state index in [-0.39, 0.29) is 0 Å². The van der Waals surface area contributed by atoms with E-state index in [1.165, 1.54) is 0 Å². The molecular weight excluding hydrogens is 482 g/mol. The average molecular weight is 514 g/mol. The Hall–Kier alpha value is -4.19. The number of rotatable bonds is 12. The van der Waals surface area contributed by atoms with Crippen molar-refractivity contribution in [1.29, 1.82) is 0 Å². The Kier molecular flexibility index (Phi) is 7.40. The van der Waals surface area contributed by atoms with E-state index >= 15 is 0 Å². The first-order chi connectivity index (χ1) is 18.5. The molecule has 0 bridgehead atoms. The van der Waals surface area contributed by atoms with Gasteiger partial charge in [0, 0.05) is 28.8 Å². The van der Waals surface area contributed by atoms with Crippen LogP contribution in [0.25, 0.3) is 11.6 Å². The van der Waals surface area contributed by atoms with Crippen LogP contribution in [0.15, 0.2) is 52.3 Å². The molecule has 8 nitrogen and oxygen atoms in total. The van der Waals surface area contributed by atoms with E-state index < -0.39 is 6.10 Å². The monoisotopic (exact) mass is 513 g/mol. The maximum atomic E-state index is 6.19. The highest BCUT2D eigenvalue weighted by atomic mass is 16.7. The van der Waals surface area contributed by atoms with Gasteiger partial charge in [-0.15, -0.1) is 6.42 Å². The summed E-state index contributed by atoms with van der Waals surface area (Å²) in [5.41, 5.74) is 10.1. The summed E-state index contributed by atoms with van der Waals surface area (Å²) < 4.78 is 23.1. The van der Waals surface area contributed by atoms with Gasteiger partial charge in [-0.2, -0.15) is 0 Å². The second-order valence-corrected chi connectivity index (χ2v) is 9.08. The summed E-state index contributed by atoms with van der Waals surface area (Å²) in [5.74, 6) is 4.71. The molecule has 1 aliphatic heterocycles. The van der Waals surface area contributed by atoms with E-state index in [1.807, 2.05) is 52.2 Å². The van der Waals surface area contributed by atoms with E-state index in [0.29, 0.717) is 42.8 Å². The summed E-state index contributed by atoms with van der Waals surface area (Å²) in [6, 6.07) is 9.65. The third-order valence-electron chi connectivity index (χ3n) is 6.24. The van der Waals surface area contributed by atoms with Gasteiger partial charge in [0.15, 0.2) is 17.6 Å². The molecule has 196 valence electrons. The molecule has 0 fully saturated rings. The maximum Gasteiger partial charge on any atom is 0.173 e. The van der Waals surface area contributed by atoms with E-state index in [0.717, 1.165) is 45.8 Å². The van der Waals surface area contributed by atoms with Gasteiger partial charge in [-0.1, -0.05) is 5.92 Å². The molecule has 38 heavy (non-hydrogen) atoms. The lowest BCUT2D eigenvalue weighted by Crippen LogP contribution is -2.20. The molecule has 0 saturated carbocycles. The van der Waals surface area contributed by atoms with Crippen LogP contribution in [0.2, 0.25) is 0 Å². The SMILES string of the molecule is C#CC(ONc1c(OCCN(C)C)ccc2c1C1=Cc3cc(OCC)c(OCC)cc3C1=N2)c1ccoc1. The summed E-state index contributed by atoms with van der Waals surface area (Å²) in [6.07, 6.45) is 10.4. The first-order valence-electron chi connectivity index (χ1n) is 12.6. The molecule has 0 spiro atoms. The van der Waals surface area contributed by atoms with Crippen LogP contribution in [0.1, 0.15) is 42.2 Å². The van der Waals surface area contributed by atoms with Gasteiger partial charge < -0.3 is 23.5 Å². The Morgan fingerprint density at radius 1 is 1.05 bits per heavy atom. The van der Waals surface area contributed by atoms with E-state index in [4.69, 9.17) is 34.9 Å². The Morgan fingerprint density at radius 2 is 1.84 bits per heavy atom. The minimum atomic E-state index is -0.654. The van der Waals surface area contributed by atoms with Gasteiger partial charge in [0.05, 0.1) is 37.1 Å². The Bertz CT molecular complexity index is 1420. The third kappa shape index (κ3) is 4.86. The van der Waals surface area contributed by atoms with Crippen LogP contribution in [0, 0.1) is 12.3 Å². The van der Waals surface area contributed by atoms with Gasteiger partial charge in [-0.3, -0.25) is 10.3 Å². The fraction of sp³-hybridized carbons (Fsp3) is 0.300. The summed E-state index contributed by atoms with van der Waals surface area (Å²) in [5, 5.41) is 0. The standard InChI is InChI=1S/C30H31N3O5/c1-6-24(19-11-13-34-18-19)38-32-30-25(37-14-12-33(4)5)10-9-23-28(30)22-15-20-16-26(35-7-2)27(36-8-3)17-21(20)29(22)31-23/h1,9-11,13,15-18,24,32H,7-8,12,14H2,2-5H3. The maximum absolute atomic E-state index is 6.19. The van der Waals surface area contributed by atoms with Crippen LogP contribution in [0.5, 0.6) is 17.2 Å². The van der Waals surface area contributed by atoms with Gasteiger partial charge in [-0.25, -0.2) is 4.99 Å². The molecule has 2 aliphatic rings. The number of nitrogens with one attached hydrogen (secondary N) is 1. The van der Waals surface area contributed by atoms with Crippen LogP contribution in [0.3, 0.4) is 0 Å². The highest BCUT2D eigenvalue weighted by Crippen LogP contribution is 2.51. The number of likely N-dealkylation sites (N-methyl/N-ethyl adjacent to an activating group) is 1. The lowest BCUT2D eigenvalue weighted by atomic mass is 10.0. The molecular formula is C30H31N3O5. The predicted molar refractivity (Wildman–Crippen MR) is 148 cm³/mol. The van der Waals surface area contributed by atoms with Crippen molar-refractivity contribution in [3.8, 4) is 29.6 Å². The average Bonchev–Trinajstić information content (AvgIpc) is 3.62. The van der Waals surface area contributed by atoms with Crippen LogP contribution in [-0.4, -0.2) is 51.1 Å². The zero-order valence-electron chi connectivity index (χ0n) is 22.0. The Balaban J connectivity index is 1.52. The molecule has 1 N–H and O–H groups in total. The molecule has 2 heterocycles. The van der Waals surface area contributed by atoms with Crippen molar-refractivity contribution in [3.05, 3.63) is 65.1 Å². The van der Waals surface area contributed by atoms with Gasteiger partial charge in [0.1, 0.15) is 18.0 Å². The number of benzene rings is 2. The number of hydrogen-bond acceptors (Lipinski definition) is 8. The topological polar surface area (TPSA) is 77.7 Å². The van der Waals surface area contributed by atoms with Crippen molar-refractivity contribution in [2.24, 2.45) is 4.99 Å². The summed E-state index contributed by atoms with van der Waals surface area (Å²) in [7, 11) is 4.01. The smallest absolute Gasteiger partial charge is 0.173 e. The molecule has 1 aliphatic carbocycles. The molecule has 5 rings (SSSR count). The quantitative estimate of drug-likeness (QED) is 0.245. The largest absolute Gasteiger partial charge is 0.490 e. The zero-order valence-corrected chi connectivity index (χ0v) is 22.0. The molecule has 1 atom stereocenters. The van der Waals surface area contributed by atoms with Crippen molar-refractivity contribution in [2.45, 2.75) is 20.0 Å². The number of furan rings is 1. The number of ether oxygens (including phenoxy) is 3. The number of hydrogen-bond donors (Lipinski definition) is 1. The Labute approximate surface area is 222 Å². The van der Waals surface area contributed by atoms with Crippen molar-refractivity contribution in [3.63, 3.8) is 0 Å². The van der Waals surface area contributed by atoms with Crippen LogP contribution in [-0.2, 0) is 4.84 Å². The number of anilines is 1. The molecule has 8 heteroatoms. The van der Waals surface area contributed by atoms with Gasteiger partial charge in [0.2, 0.25) is 0 Å². The lowest BCUT2D eigenvalue weighted by molar-refractivity contribution is 0.144. The van der Waals surface area contributed by atoms with Crippen molar-refractivity contribution < 1.29 is 23.5 Å². The van der Waals surface area contributed by atoms with Gasteiger partial charge in [-0.05, 0) is 69.9 Å². The minimum absolute atomic E-state index is 0.503. The Morgan fingerprint density at radius 3 is 2.53 bits per heavy atom. The molecule has 0 amide bonds. The number of aliphatic imine (C=N–C) groups is 1. The fourth-order valence-electron chi connectivity index (χ4n) is 4.48. The number of terminal acetylenes is 1. The summed E-state index contributed by atoms with van der Waals surface area (Å²) in [4.78, 5) is 13.0. The molecule has 0 radical (unpaired) electrons. The van der Waals surface area contributed by atoms with Crippen LogP contribution >= 0.6 is 0 Å². The first kappa shape index (κ1) is 25.5. The highest BCUT2D eigenvalue weighted by molar-refractivity contribution is 6.44. The van der Waals surface area contributed by atoms with Gasteiger partial charge >= 0.3 is 0 Å². The second-order valence-electron chi connectivity index (χ2n) is 9.08. The van der Waals surface area contributed by atoms with Crippen molar-refractivity contribution in [1.82, 2.24) is 4.90 Å². The van der Waals surface area contributed by atoms with Crippen molar-refractivity contribution >= 4 is 28.7 Å². The van der Waals surface area contributed by atoms with Crippen LogP contribution < -0.4 is 19.7 Å². The van der Waals surface area contributed by atoms with Crippen molar-refractivity contribution in [2.75, 3.05) is 45.9 Å². The molecule has 3 aromatic rings. The second kappa shape index (κ2) is 11.1. The number of fused-ring (bicyclic) bond motifs is 5. The number of nitrogens with zero attached hydrogens (tertiary/aromatic N) is 2. The fourth-order valence-corrected chi connectivity index (χ4v) is 4.48. The number of allylic oxidation sites excluding steroid dienone is 1. The van der Waals surface area contributed by atoms with E-state index in [9.17, 15) is 0 Å². The predicted octanol–water partition coefficient (Wildman–Crippen LogP) is 5.72. The first-order valence-corrected chi connectivity index (χ1v) is 12.6. The zero-order chi connectivity index (χ0) is 26.6. The summed E-state index contributed by atoms with van der Waals surface area (Å²) in [6.45, 7) is 6.26. The van der Waals surface area contributed by atoms with Crippen LogP contribution in [0.4, 0.5) is 11.4 Å². The normalized spacial score (nSPS) is 13.7. The van der Waals surface area contributed by atoms with E-state index in [2.05, 4.69) is 22.4 Å². The van der Waals surface area contributed by atoms with Gasteiger partial charge in [0.25, 0.3) is 0 Å². The molecule has 0 saturated heterocycles. The van der Waals surface area contributed by atoms with E-state index in [1.54, 1.807) is 18.6 Å².